The van der Waals surface area contributed by atoms with Gasteiger partial charge in [-0.05, 0) is 38.6 Å². The van der Waals surface area contributed by atoms with Gasteiger partial charge in [-0.1, -0.05) is 0 Å². The highest BCUT2D eigenvalue weighted by Gasteiger charge is 2.32. The molecule has 2 heterocycles. The molecule has 2 rings (SSSR count). The summed E-state index contributed by atoms with van der Waals surface area (Å²) in [7, 11) is 0. The molecule has 0 saturated carbocycles. The van der Waals surface area contributed by atoms with Crippen molar-refractivity contribution in [3.8, 4) is 6.07 Å². The van der Waals surface area contributed by atoms with Crippen molar-refractivity contribution in [2.24, 2.45) is 0 Å². The van der Waals surface area contributed by atoms with Crippen molar-refractivity contribution < 1.29 is 4.79 Å². The maximum Gasteiger partial charge on any atom is 0.240 e. The molecule has 2 unspecified atom stereocenters. The highest BCUT2D eigenvalue weighted by Crippen LogP contribution is 2.19. The summed E-state index contributed by atoms with van der Waals surface area (Å²) in [6.07, 6.45) is 4.95. The van der Waals surface area contributed by atoms with Crippen LogP contribution in [0.3, 0.4) is 0 Å². The highest BCUT2D eigenvalue weighted by molar-refractivity contribution is 5.82. The Hall–Kier alpha value is -1.08. The smallest absolute Gasteiger partial charge is 0.240 e. The molecular formula is C11H17N3O. The van der Waals surface area contributed by atoms with Crippen molar-refractivity contribution in [3.05, 3.63) is 0 Å². The van der Waals surface area contributed by atoms with Gasteiger partial charge in [-0.2, -0.15) is 5.26 Å². The van der Waals surface area contributed by atoms with Crippen LogP contribution in [0.15, 0.2) is 0 Å². The Morgan fingerprint density at radius 1 is 1.33 bits per heavy atom. The highest BCUT2D eigenvalue weighted by atomic mass is 16.2. The number of carbonyl (C=O) groups is 1. The van der Waals surface area contributed by atoms with Crippen molar-refractivity contribution in [1.29, 1.82) is 5.26 Å². The van der Waals surface area contributed by atoms with Crippen LogP contribution in [0.4, 0.5) is 0 Å². The normalized spacial score (nSPS) is 31.3. The van der Waals surface area contributed by atoms with Crippen LogP contribution >= 0.6 is 0 Å². The van der Waals surface area contributed by atoms with Gasteiger partial charge in [-0.15, -0.1) is 0 Å². The third-order valence-electron chi connectivity index (χ3n) is 3.29. The minimum atomic E-state index is -0.186. The molecule has 0 aromatic rings. The molecule has 1 N–H and O–H groups in total. The zero-order chi connectivity index (χ0) is 10.7. The molecule has 0 radical (unpaired) electrons. The molecule has 2 aliphatic rings. The number of piperidine rings is 1. The zero-order valence-electron chi connectivity index (χ0n) is 8.91. The van der Waals surface area contributed by atoms with Gasteiger partial charge in [0.15, 0.2) is 0 Å². The molecule has 0 aromatic heterocycles. The Kier molecular flexibility index (Phi) is 3.22. The first kappa shape index (κ1) is 10.4. The van der Waals surface area contributed by atoms with E-state index in [1.807, 2.05) is 0 Å². The Balaban J connectivity index is 2.00. The molecule has 0 aromatic carbocycles. The summed E-state index contributed by atoms with van der Waals surface area (Å²) in [6.45, 7) is 1.69. The zero-order valence-corrected chi connectivity index (χ0v) is 8.91. The number of rotatable bonds is 1. The molecule has 0 bridgehead atoms. The third-order valence-corrected chi connectivity index (χ3v) is 3.29. The molecule has 2 saturated heterocycles. The quantitative estimate of drug-likeness (QED) is 0.686. The molecular weight excluding hydrogens is 190 g/mol. The second kappa shape index (κ2) is 4.63. The van der Waals surface area contributed by atoms with Crippen LogP contribution in [0.2, 0.25) is 0 Å². The summed E-state index contributed by atoms with van der Waals surface area (Å²) in [5.41, 5.74) is 0. The van der Waals surface area contributed by atoms with E-state index in [0.717, 1.165) is 45.2 Å². The number of nitrogens with zero attached hydrogens (tertiary/aromatic N) is 2. The predicted molar refractivity (Wildman–Crippen MR) is 56.0 cm³/mol. The Labute approximate surface area is 90.2 Å². The summed E-state index contributed by atoms with van der Waals surface area (Å²) >= 11 is 0. The first-order valence-corrected chi connectivity index (χ1v) is 5.76. The summed E-state index contributed by atoms with van der Waals surface area (Å²) in [5, 5.41) is 12.2. The van der Waals surface area contributed by atoms with Gasteiger partial charge in [0.1, 0.15) is 6.04 Å². The Morgan fingerprint density at radius 3 is 2.87 bits per heavy atom. The Morgan fingerprint density at radius 2 is 2.20 bits per heavy atom. The average molecular weight is 207 g/mol. The van der Waals surface area contributed by atoms with E-state index >= 15 is 0 Å². The van der Waals surface area contributed by atoms with Gasteiger partial charge in [0.2, 0.25) is 5.91 Å². The molecule has 2 aliphatic heterocycles. The SMILES string of the molecule is N#CC1CCCCN1C(=O)C1CCCN1. The predicted octanol–water partition coefficient (Wildman–Crippen LogP) is 0.643. The van der Waals surface area contributed by atoms with Crippen LogP contribution in [-0.2, 0) is 4.79 Å². The summed E-state index contributed by atoms with van der Waals surface area (Å²) in [6, 6.07) is 2.02. The van der Waals surface area contributed by atoms with Crippen molar-refractivity contribution >= 4 is 5.91 Å². The number of amides is 1. The van der Waals surface area contributed by atoms with Crippen molar-refractivity contribution in [3.63, 3.8) is 0 Å². The maximum absolute atomic E-state index is 12.1. The fraction of sp³-hybridized carbons (Fsp3) is 0.818. The van der Waals surface area contributed by atoms with Gasteiger partial charge in [-0.3, -0.25) is 4.79 Å². The van der Waals surface area contributed by atoms with Gasteiger partial charge in [0.25, 0.3) is 0 Å². The molecule has 1 amide bonds. The molecule has 82 valence electrons. The first-order chi connectivity index (χ1) is 7.33. The topological polar surface area (TPSA) is 56.1 Å². The van der Waals surface area contributed by atoms with E-state index in [0.29, 0.717) is 0 Å². The van der Waals surface area contributed by atoms with Crippen LogP contribution in [0.5, 0.6) is 0 Å². The number of likely N-dealkylation sites (tertiary alicyclic amines) is 1. The fourth-order valence-electron chi connectivity index (χ4n) is 2.43. The van der Waals surface area contributed by atoms with E-state index in [-0.39, 0.29) is 18.0 Å². The second-order valence-electron chi connectivity index (χ2n) is 4.32. The summed E-state index contributed by atoms with van der Waals surface area (Å²) in [4.78, 5) is 13.9. The van der Waals surface area contributed by atoms with Crippen molar-refractivity contribution in [2.75, 3.05) is 13.1 Å². The lowest BCUT2D eigenvalue weighted by Gasteiger charge is -2.33. The van der Waals surface area contributed by atoms with Crippen LogP contribution in [-0.4, -0.2) is 36.0 Å². The molecule has 0 aliphatic carbocycles. The molecule has 4 nitrogen and oxygen atoms in total. The third kappa shape index (κ3) is 2.13. The van der Waals surface area contributed by atoms with Crippen molar-refractivity contribution in [1.82, 2.24) is 10.2 Å². The van der Waals surface area contributed by atoms with Crippen molar-refractivity contribution in [2.45, 2.75) is 44.2 Å². The van der Waals surface area contributed by atoms with Gasteiger partial charge in [0, 0.05) is 6.54 Å². The Bertz CT molecular complexity index is 278. The summed E-state index contributed by atoms with van der Waals surface area (Å²) in [5.74, 6) is 0.138. The van der Waals surface area contributed by atoms with E-state index < -0.39 is 0 Å². The van der Waals surface area contributed by atoms with Crippen LogP contribution in [0.25, 0.3) is 0 Å². The van der Waals surface area contributed by atoms with Crippen LogP contribution < -0.4 is 5.32 Å². The first-order valence-electron chi connectivity index (χ1n) is 5.76. The average Bonchev–Trinajstić information content (AvgIpc) is 2.81. The second-order valence-corrected chi connectivity index (χ2v) is 4.32. The lowest BCUT2D eigenvalue weighted by molar-refractivity contribution is -0.135. The summed E-state index contributed by atoms with van der Waals surface area (Å²) < 4.78 is 0. The van der Waals surface area contributed by atoms with Gasteiger partial charge >= 0.3 is 0 Å². The van der Waals surface area contributed by atoms with Gasteiger partial charge in [-0.25, -0.2) is 0 Å². The van der Waals surface area contributed by atoms with E-state index in [1.165, 1.54) is 0 Å². The lowest BCUT2D eigenvalue weighted by atomic mass is 10.0. The standard InChI is InChI=1S/C11H17N3O/c12-8-9-4-1-2-7-14(9)11(15)10-5-3-6-13-10/h9-10,13H,1-7H2. The molecule has 15 heavy (non-hydrogen) atoms. The lowest BCUT2D eigenvalue weighted by Crippen LogP contribution is -2.50. The molecule has 0 spiro atoms. The van der Waals surface area contributed by atoms with E-state index in [4.69, 9.17) is 5.26 Å². The van der Waals surface area contributed by atoms with Crippen LogP contribution in [0, 0.1) is 11.3 Å². The molecule has 4 heteroatoms. The van der Waals surface area contributed by atoms with Crippen LogP contribution in [0.1, 0.15) is 32.1 Å². The monoisotopic (exact) mass is 207 g/mol. The molecule has 2 fully saturated rings. The largest absolute Gasteiger partial charge is 0.325 e. The minimum absolute atomic E-state index is 0.0288. The fourth-order valence-corrected chi connectivity index (χ4v) is 2.43. The number of carbonyl (C=O) groups excluding carboxylic acids is 1. The molecule has 2 atom stereocenters. The van der Waals surface area contributed by atoms with E-state index in [2.05, 4.69) is 11.4 Å². The number of nitriles is 1. The van der Waals surface area contributed by atoms with E-state index in [9.17, 15) is 4.79 Å². The minimum Gasteiger partial charge on any atom is -0.325 e. The maximum atomic E-state index is 12.1. The number of hydrogen-bond donors (Lipinski definition) is 1. The van der Waals surface area contributed by atoms with Gasteiger partial charge in [0.05, 0.1) is 12.1 Å². The number of nitrogens with one attached hydrogen (secondary N) is 1. The van der Waals surface area contributed by atoms with Gasteiger partial charge < -0.3 is 10.2 Å². The van der Waals surface area contributed by atoms with E-state index in [1.54, 1.807) is 4.90 Å². The number of hydrogen-bond acceptors (Lipinski definition) is 3.